The predicted molar refractivity (Wildman–Crippen MR) is 106 cm³/mol. The van der Waals surface area contributed by atoms with Crippen molar-refractivity contribution < 1.29 is 9.53 Å². The van der Waals surface area contributed by atoms with Gasteiger partial charge in [-0.3, -0.25) is 14.8 Å². The lowest BCUT2D eigenvalue weighted by atomic mass is 10.2. The Bertz CT molecular complexity index is 956. The molecule has 1 aliphatic heterocycles. The van der Waals surface area contributed by atoms with Gasteiger partial charge in [0.2, 0.25) is 0 Å². The third-order valence-electron chi connectivity index (χ3n) is 4.70. The van der Waals surface area contributed by atoms with Gasteiger partial charge in [0, 0.05) is 51.0 Å². The van der Waals surface area contributed by atoms with E-state index in [9.17, 15) is 4.79 Å². The average molecular weight is 375 g/mol. The number of nitrogens with zero attached hydrogens (tertiary/aromatic N) is 5. The highest BCUT2D eigenvalue weighted by Crippen LogP contribution is 2.26. The quantitative estimate of drug-likeness (QED) is 0.698. The lowest BCUT2D eigenvalue weighted by Crippen LogP contribution is -2.49. The predicted octanol–water partition coefficient (Wildman–Crippen LogP) is 2.93. The summed E-state index contributed by atoms with van der Waals surface area (Å²) in [5.74, 6) is 2.00. The molecule has 0 bridgehead atoms. The van der Waals surface area contributed by atoms with E-state index in [1.54, 1.807) is 30.9 Å². The van der Waals surface area contributed by atoms with E-state index in [0.717, 1.165) is 11.5 Å². The minimum absolute atomic E-state index is 0.0745. The molecule has 142 valence electrons. The second-order valence-corrected chi connectivity index (χ2v) is 6.53. The van der Waals surface area contributed by atoms with E-state index in [1.807, 2.05) is 42.2 Å². The van der Waals surface area contributed by atoms with Gasteiger partial charge < -0.3 is 14.5 Å². The Morgan fingerprint density at radius 1 is 0.964 bits per heavy atom. The molecule has 0 radical (unpaired) electrons. The van der Waals surface area contributed by atoms with Gasteiger partial charge in [0.05, 0.1) is 5.69 Å². The summed E-state index contributed by atoms with van der Waals surface area (Å²) in [5, 5.41) is 0. The molecule has 0 unspecified atom stereocenters. The largest absolute Gasteiger partial charge is 0.456 e. The van der Waals surface area contributed by atoms with E-state index in [-0.39, 0.29) is 5.91 Å². The first kappa shape index (κ1) is 17.9. The molecule has 3 heterocycles. The van der Waals surface area contributed by atoms with Gasteiger partial charge in [0.1, 0.15) is 22.9 Å². The molecular formula is C21H21N5O2. The number of hydrogen-bond donors (Lipinski definition) is 0. The summed E-state index contributed by atoms with van der Waals surface area (Å²) in [7, 11) is 0. The summed E-state index contributed by atoms with van der Waals surface area (Å²) in [6.45, 7) is 4.58. The second-order valence-electron chi connectivity index (χ2n) is 6.53. The Morgan fingerprint density at radius 3 is 2.46 bits per heavy atom. The van der Waals surface area contributed by atoms with Crippen molar-refractivity contribution in [1.29, 1.82) is 0 Å². The van der Waals surface area contributed by atoms with Crippen molar-refractivity contribution in [2.45, 2.75) is 6.92 Å². The fourth-order valence-corrected chi connectivity index (χ4v) is 3.25. The first-order chi connectivity index (χ1) is 13.7. The van der Waals surface area contributed by atoms with Crippen molar-refractivity contribution in [3.05, 3.63) is 72.4 Å². The van der Waals surface area contributed by atoms with Gasteiger partial charge in [-0.1, -0.05) is 18.2 Å². The van der Waals surface area contributed by atoms with Crippen LogP contribution in [0.5, 0.6) is 11.5 Å². The number of rotatable bonds is 4. The molecule has 1 saturated heterocycles. The molecule has 7 heteroatoms. The molecule has 1 aliphatic rings. The molecule has 0 aliphatic carbocycles. The molecule has 0 spiro atoms. The van der Waals surface area contributed by atoms with Gasteiger partial charge in [-0.05, 0) is 25.1 Å². The highest BCUT2D eigenvalue weighted by molar-refractivity contribution is 5.96. The number of para-hydroxylation sites is 1. The first-order valence-electron chi connectivity index (χ1n) is 9.21. The van der Waals surface area contributed by atoms with Gasteiger partial charge >= 0.3 is 0 Å². The molecule has 4 rings (SSSR count). The van der Waals surface area contributed by atoms with Crippen molar-refractivity contribution in [1.82, 2.24) is 19.9 Å². The topological polar surface area (TPSA) is 71.5 Å². The maximum Gasteiger partial charge on any atom is 0.259 e. The number of benzene rings is 1. The first-order valence-corrected chi connectivity index (χ1v) is 9.21. The summed E-state index contributed by atoms with van der Waals surface area (Å²) in [6, 6.07) is 11.1. The number of anilines is 1. The Morgan fingerprint density at radius 2 is 1.71 bits per heavy atom. The number of carbonyl (C=O) groups excluding carboxylic acids is 1. The van der Waals surface area contributed by atoms with Crippen LogP contribution in [0.3, 0.4) is 0 Å². The lowest BCUT2D eigenvalue weighted by molar-refractivity contribution is 0.0743. The Balaban J connectivity index is 1.47. The molecule has 1 aromatic carbocycles. The van der Waals surface area contributed by atoms with E-state index < -0.39 is 0 Å². The van der Waals surface area contributed by atoms with E-state index in [1.165, 1.54) is 0 Å². The van der Waals surface area contributed by atoms with Crippen molar-refractivity contribution in [2.75, 3.05) is 31.1 Å². The number of aryl methyl sites for hydroxylation is 1. The number of amides is 1. The number of piperazine rings is 1. The van der Waals surface area contributed by atoms with Crippen LogP contribution in [0, 0.1) is 6.92 Å². The smallest absolute Gasteiger partial charge is 0.259 e. The molecule has 2 aromatic heterocycles. The minimum Gasteiger partial charge on any atom is -0.456 e. The zero-order chi connectivity index (χ0) is 19.3. The molecule has 7 nitrogen and oxygen atoms in total. The third kappa shape index (κ3) is 3.78. The number of aromatic nitrogens is 3. The average Bonchev–Trinajstić information content (AvgIpc) is 2.75. The third-order valence-corrected chi connectivity index (χ3v) is 4.70. The van der Waals surface area contributed by atoms with Crippen molar-refractivity contribution in [3.63, 3.8) is 0 Å². The lowest BCUT2D eigenvalue weighted by Gasteiger charge is -2.35. The monoisotopic (exact) mass is 375 g/mol. The molecule has 0 atom stereocenters. The fraction of sp³-hybridized carbons (Fsp3) is 0.238. The van der Waals surface area contributed by atoms with Crippen LogP contribution >= 0.6 is 0 Å². The molecule has 1 amide bonds. The van der Waals surface area contributed by atoms with Crippen LogP contribution in [0.2, 0.25) is 0 Å². The molecule has 1 fully saturated rings. The molecule has 28 heavy (non-hydrogen) atoms. The molecule has 0 saturated carbocycles. The van der Waals surface area contributed by atoms with Crippen LogP contribution in [0.4, 0.5) is 5.82 Å². The standard InChI is InChI=1S/C21H21N5O2/c1-16-20(24-10-9-23-16)25-11-13-26(14-12-25)21(27)18-15-22-8-7-19(18)28-17-5-3-2-4-6-17/h2-10,15H,11-14H2,1H3. The van der Waals surface area contributed by atoms with Crippen LogP contribution in [0.25, 0.3) is 0 Å². The molecule has 0 N–H and O–H groups in total. The van der Waals surface area contributed by atoms with Crippen molar-refractivity contribution >= 4 is 11.7 Å². The SMILES string of the molecule is Cc1nccnc1N1CCN(C(=O)c2cnccc2Oc2ccccc2)CC1. The normalized spacial score (nSPS) is 14.0. The number of ether oxygens (including phenoxy) is 1. The number of hydrogen-bond acceptors (Lipinski definition) is 6. The van der Waals surface area contributed by atoms with Crippen LogP contribution in [-0.4, -0.2) is 51.9 Å². The van der Waals surface area contributed by atoms with Gasteiger partial charge in [0.15, 0.2) is 0 Å². The maximum atomic E-state index is 13.1. The maximum absolute atomic E-state index is 13.1. The summed E-state index contributed by atoms with van der Waals surface area (Å²) < 4.78 is 5.91. The molecule has 3 aromatic rings. The Hall–Kier alpha value is -3.48. The van der Waals surface area contributed by atoms with Crippen molar-refractivity contribution in [2.24, 2.45) is 0 Å². The second kappa shape index (κ2) is 8.04. The Labute approximate surface area is 163 Å². The van der Waals surface area contributed by atoms with Crippen LogP contribution in [-0.2, 0) is 0 Å². The zero-order valence-corrected chi connectivity index (χ0v) is 15.7. The van der Waals surface area contributed by atoms with E-state index in [4.69, 9.17) is 4.74 Å². The number of pyridine rings is 1. The van der Waals surface area contributed by atoms with Crippen LogP contribution in [0.1, 0.15) is 16.1 Å². The summed E-state index contributed by atoms with van der Waals surface area (Å²) in [6.07, 6.45) is 6.58. The van der Waals surface area contributed by atoms with Gasteiger partial charge in [-0.15, -0.1) is 0 Å². The fourth-order valence-electron chi connectivity index (χ4n) is 3.25. The van der Waals surface area contributed by atoms with Gasteiger partial charge in [-0.25, -0.2) is 4.98 Å². The highest BCUT2D eigenvalue weighted by atomic mass is 16.5. The highest BCUT2D eigenvalue weighted by Gasteiger charge is 2.26. The van der Waals surface area contributed by atoms with E-state index in [0.29, 0.717) is 43.2 Å². The van der Waals surface area contributed by atoms with E-state index in [2.05, 4.69) is 19.9 Å². The molecular weight excluding hydrogens is 354 g/mol. The zero-order valence-electron chi connectivity index (χ0n) is 15.7. The summed E-state index contributed by atoms with van der Waals surface area (Å²) in [4.78, 5) is 29.9. The Kier molecular flexibility index (Phi) is 5.14. The van der Waals surface area contributed by atoms with Crippen LogP contribution < -0.4 is 9.64 Å². The summed E-state index contributed by atoms with van der Waals surface area (Å²) >= 11 is 0. The minimum atomic E-state index is -0.0745. The summed E-state index contributed by atoms with van der Waals surface area (Å²) in [5.41, 5.74) is 1.36. The van der Waals surface area contributed by atoms with Crippen molar-refractivity contribution in [3.8, 4) is 11.5 Å². The number of carbonyl (C=O) groups is 1. The van der Waals surface area contributed by atoms with Crippen LogP contribution in [0.15, 0.2) is 61.2 Å². The van der Waals surface area contributed by atoms with Gasteiger partial charge in [-0.2, -0.15) is 0 Å². The van der Waals surface area contributed by atoms with Gasteiger partial charge in [0.25, 0.3) is 5.91 Å². The van der Waals surface area contributed by atoms with E-state index >= 15 is 0 Å².